The number of esters is 1. The summed E-state index contributed by atoms with van der Waals surface area (Å²) in [6.07, 6.45) is 4.86. The Balaban J connectivity index is 1.90. The molecule has 0 N–H and O–H groups in total. The molecule has 1 fully saturated rings. The molecule has 0 saturated heterocycles. The third-order valence-corrected chi connectivity index (χ3v) is 4.57. The van der Waals surface area contributed by atoms with Crippen LogP contribution in [0, 0.1) is 5.92 Å². The molecule has 2 atom stereocenters. The molecule has 0 spiro atoms. The van der Waals surface area contributed by atoms with Gasteiger partial charge in [0.1, 0.15) is 5.41 Å². The summed E-state index contributed by atoms with van der Waals surface area (Å²) in [6, 6.07) is 17.5. The van der Waals surface area contributed by atoms with Crippen LogP contribution in [0.5, 0.6) is 0 Å². The van der Waals surface area contributed by atoms with Gasteiger partial charge >= 0.3 is 5.97 Å². The summed E-state index contributed by atoms with van der Waals surface area (Å²) in [7, 11) is 1.43. The Kier molecular flexibility index (Phi) is 4.04. The normalized spacial score (nSPS) is 23.5. The van der Waals surface area contributed by atoms with E-state index in [4.69, 9.17) is 16.3 Å². The standard InChI is InChI=1S/C19H17ClO2/c1-22-18(21)19(16-9-5-6-10-17(16)20)13-15(19)12-11-14-7-3-2-4-8-14/h2-12,15H,13H2,1H3. The van der Waals surface area contributed by atoms with Crippen molar-refractivity contribution in [2.75, 3.05) is 7.11 Å². The lowest BCUT2D eigenvalue weighted by atomic mass is 9.92. The monoisotopic (exact) mass is 312 g/mol. The zero-order chi connectivity index (χ0) is 15.6. The smallest absolute Gasteiger partial charge is 0.316 e. The Bertz CT molecular complexity index is 708. The van der Waals surface area contributed by atoms with Crippen molar-refractivity contribution in [1.29, 1.82) is 0 Å². The summed E-state index contributed by atoms with van der Waals surface area (Å²) in [6.45, 7) is 0. The highest BCUT2D eigenvalue weighted by atomic mass is 35.5. The van der Waals surface area contributed by atoms with Gasteiger partial charge in [-0.2, -0.15) is 0 Å². The molecule has 2 aromatic rings. The largest absolute Gasteiger partial charge is 0.468 e. The molecule has 22 heavy (non-hydrogen) atoms. The van der Waals surface area contributed by atoms with Gasteiger partial charge in [0.15, 0.2) is 0 Å². The van der Waals surface area contributed by atoms with Crippen molar-refractivity contribution in [3.63, 3.8) is 0 Å². The molecule has 0 aliphatic heterocycles. The predicted octanol–water partition coefficient (Wildman–Crippen LogP) is 4.48. The van der Waals surface area contributed by atoms with Crippen LogP contribution < -0.4 is 0 Å². The van der Waals surface area contributed by atoms with E-state index in [9.17, 15) is 4.79 Å². The van der Waals surface area contributed by atoms with Gasteiger partial charge in [0.2, 0.25) is 0 Å². The highest BCUT2D eigenvalue weighted by Gasteiger charge is 2.61. The lowest BCUT2D eigenvalue weighted by Crippen LogP contribution is -2.24. The van der Waals surface area contributed by atoms with Crippen LogP contribution in [-0.4, -0.2) is 13.1 Å². The Morgan fingerprint density at radius 2 is 1.86 bits per heavy atom. The highest BCUT2D eigenvalue weighted by molar-refractivity contribution is 6.31. The number of methoxy groups -OCH3 is 1. The molecule has 112 valence electrons. The van der Waals surface area contributed by atoms with Crippen molar-refractivity contribution >= 4 is 23.6 Å². The molecule has 3 heteroatoms. The van der Waals surface area contributed by atoms with E-state index in [1.54, 1.807) is 0 Å². The second-order valence-corrected chi connectivity index (χ2v) is 5.93. The molecule has 1 aliphatic carbocycles. The molecular formula is C19H17ClO2. The van der Waals surface area contributed by atoms with Crippen LogP contribution in [0.15, 0.2) is 60.7 Å². The van der Waals surface area contributed by atoms with E-state index in [2.05, 4.69) is 6.08 Å². The summed E-state index contributed by atoms with van der Waals surface area (Å²) < 4.78 is 5.04. The number of allylic oxidation sites excluding steroid dienone is 1. The van der Waals surface area contributed by atoms with E-state index >= 15 is 0 Å². The number of hydrogen-bond donors (Lipinski definition) is 0. The van der Waals surface area contributed by atoms with Gasteiger partial charge in [-0.1, -0.05) is 72.3 Å². The maximum atomic E-state index is 12.4. The first-order valence-electron chi connectivity index (χ1n) is 7.25. The van der Waals surface area contributed by atoms with Crippen LogP contribution in [0.4, 0.5) is 0 Å². The Labute approximate surface area is 135 Å². The van der Waals surface area contributed by atoms with Gasteiger partial charge in [0, 0.05) is 5.02 Å². The zero-order valence-corrected chi connectivity index (χ0v) is 13.1. The van der Waals surface area contributed by atoms with Gasteiger partial charge in [-0.3, -0.25) is 4.79 Å². The van der Waals surface area contributed by atoms with E-state index in [0.717, 1.165) is 17.5 Å². The molecule has 2 unspecified atom stereocenters. The van der Waals surface area contributed by atoms with Crippen LogP contribution in [0.3, 0.4) is 0 Å². The second-order valence-electron chi connectivity index (χ2n) is 5.52. The Morgan fingerprint density at radius 3 is 2.55 bits per heavy atom. The number of carbonyl (C=O) groups excluding carboxylic acids is 1. The summed E-state index contributed by atoms with van der Waals surface area (Å²) in [4.78, 5) is 12.4. The van der Waals surface area contributed by atoms with Crippen LogP contribution in [-0.2, 0) is 14.9 Å². The molecule has 1 saturated carbocycles. The lowest BCUT2D eigenvalue weighted by Gasteiger charge is -2.16. The third kappa shape index (κ3) is 2.55. The number of ether oxygens (including phenoxy) is 1. The number of hydrogen-bond acceptors (Lipinski definition) is 2. The fourth-order valence-corrected chi connectivity index (χ4v) is 3.28. The number of rotatable bonds is 4. The van der Waals surface area contributed by atoms with Gasteiger partial charge in [0.25, 0.3) is 0 Å². The van der Waals surface area contributed by atoms with E-state index in [1.807, 2.05) is 60.7 Å². The van der Waals surface area contributed by atoms with Crippen LogP contribution in [0.25, 0.3) is 6.08 Å². The molecule has 2 aromatic carbocycles. The summed E-state index contributed by atoms with van der Waals surface area (Å²) in [5.74, 6) is -0.108. The third-order valence-electron chi connectivity index (χ3n) is 4.24. The van der Waals surface area contributed by atoms with Crippen molar-refractivity contribution in [2.24, 2.45) is 5.92 Å². The van der Waals surface area contributed by atoms with E-state index in [1.165, 1.54) is 7.11 Å². The molecule has 3 rings (SSSR count). The molecule has 2 nitrogen and oxygen atoms in total. The second kappa shape index (κ2) is 5.98. The number of benzene rings is 2. The average Bonchev–Trinajstić information content (AvgIpc) is 3.29. The van der Waals surface area contributed by atoms with E-state index in [0.29, 0.717) is 5.02 Å². The molecule has 0 bridgehead atoms. The van der Waals surface area contributed by atoms with Crippen molar-refractivity contribution in [1.82, 2.24) is 0 Å². The summed E-state index contributed by atoms with van der Waals surface area (Å²) in [5.41, 5.74) is 1.33. The minimum atomic E-state index is -0.641. The minimum Gasteiger partial charge on any atom is -0.468 e. The molecule has 0 amide bonds. The van der Waals surface area contributed by atoms with Gasteiger partial charge in [-0.25, -0.2) is 0 Å². The van der Waals surface area contributed by atoms with Gasteiger partial charge in [-0.15, -0.1) is 0 Å². The van der Waals surface area contributed by atoms with E-state index in [-0.39, 0.29) is 11.9 Å². The molecule has 0 aromatic heterocycles. The summed E-state index contributed by atoms with van der Waals surface area (Å²) in [5, 5.41) is 0.614. The van der Waals surface area contributed by atoms with Crippen molar-refractivity contribution < 1.29 is 9.53 Å². The Morgan fingerprint density at radius 1 is 1.18 bits per heavy atom. The predicted molar refractivity (Wildman–Crippen MR) is 88.7 cm³/mol. The molecule has 0 heterocycles. The fourth-order valence-electron chi connectivity index (χ4n) is 2.97. The summed E-state index contributed by atoms with van der Waals surface area (Å²) >= 11 is 6.30. The quantitative estimate of drug-likeness (QED) is 0.778. The van der Waals surface area contributed by atoms with Crippen molar-refractivity contribution in [3.05, 3.63) is 76.8 Å². The maximum Gasteiger partial charge on any atom is 0.316 e. The van der Waals surface area contributed by atoms with Gasteiger partial charge < -0.3 is 4.74 Å². The molecule has 1 aliphatic rings. The first-order chi connectivity index (χ1) is 10.7. The maximum absolute atomic E-state index is 12.4. The lowest BCUT2D eigenvalue weighted by molar-refractivity contribution is -0.144. The highest BCUT2D eigenvalue weighted by Crippen LogP contribution is 2.57. The van der Waals surface area contributed by atoms with Crippen molar-refractivity contribution in [2.45, 2.75) is 11.8 Å². The van der Waals surface area contributed by atoms with Crippen LogP contribution >= 0.6 is 11.6 Å². The van der Waals surface area contributed by atoms with Gasteiger partial charge in [0.05, 0.1) is 7.11 Å². The minimum absolute atomic E-state index is 0.111. The van der Waals surface area contributed by atoms with Crippen LogP contribution in [0.1, 0.15) is 17.5 Å². The topological polar surface area (TPSA) is 26.3 Å². The Hall–Kier alpha value is -2.06. The fraction of sp³-hybridized carbons (Fsp3) is 0.211. The first kappa shape index (κ1) is 14.9. The van der Waals surface area contributed by atoms with Crippen molar-refractivity contribution in [3.8, 4) is 0 Å². The van der Waals surface area contributed by atoms with E-state index < -0.39 is 5.41 Å². The molecule has 0 radical (unpaired) electrons. The van der Waals surface area contributed by atoms with Gasteiger partial charge in [-0.05, 0) is 29.5 Å². The SMILES string of the molecule is COC(=O)C1(c2ccccc2Cl)CC1C=Cc1ccccc1. The zero-order valence-electron chi connectivity index (χ0n) is 12.3. The number of halogens is 1. The average molecular weight is 313 g/mol. The number of carbonyl (C=O) groups is 1. The molecular weight excluding hydrogens is 296 g/mol. The first-order valence-corrected chi connectivity index (χ1v) is 7.63. The van der Waals surface area contributed by atoms with Crippen LogP contribution in [0.2, 0.25) is 5.02 Å².